The highest BCUT2D eigenvalue weighted by molar-refractivity contribution is 14.0. The second-order valence-corrected chi connectivity index (χ2v) is 6.67. The Kier molecular flexibility index (Phi) is 13.1. The van der Waals surface area contributed by atoms with Crippen molar-refractivity contribution in [3.63, 3.8) is 0 Å². The molecule has 0 bridgehead atoms. The van der Waals surface area contributed by atoms with Crippen LogP contribution in [0, 0.1) is 0 Å². The van der Waals surface area contributed by atoms with Crippen molar-refractivity contribution >= 4 is 29.9 Å². The summed E-state index contributed by atoms with van der Waals surface area (Å²) in [5, 5.41) is 10.0. The van der Waals surface area contributed by atoms with E-state index < -0.39 is 0 Å². The molecule has 1 fully saturated rings. The molecule has 1 aliphatic heterocycles. The topological polar surface area (TPSA) is 66.9 Å². The van der Waals surface area contributed by atoms with Crippen LogP contribution in [0.15, 0.2) is 4.99 Å². The van der Waals surface area contributed by atoms with Crippen molar-refractivity contribution in [2.45, 2.75) is 51.7 Å². The van der Waals surface area contributed by atoms with Gasteiger partial charge in [0.05, 0.1) is 12.7 Å². The largest absolute Gasteiger partial charge is 0.379 e. The van der Waals surface area contributed by atoms with Crippen LogP contribution in [-0.2, 0) is 9.47 Å². The first-order chi connectivity index (χ1) is 10.5. The molecule has 7 heteroatoms. The number of ether oxygens (including phenoxy) is 2. The summed E-state index contributed by atoms with van der Waals surface area (Å²) in [4.78, 5) is 4.21. The van der Waals surface area contributed by atoms with Crippen LogP contribution in [0.3, 0.4) is 0 Å². The standard InChI is InChI=1S/C16H34N4O2.HI/c1-16(2,3)20-10-9-19-15(17-4)18-8-6-11-21-13-14-7-5-12-22-14;/h14,20H,5-13H2,1-4H3,(H2,17,18,19);1H. The van der Waals surface area contributed by atoms with Gasteiger partial charge in [-0.15, -0.1) is 24.0 Å². The summed E-state index contributed by atoms with van der Waals surface area (Å²) >= 11 is 0. The summed E-state index contributed by atoms with van der Waals surface area (Å²) in [7, 11) is 1.79. The Balaban J connectivity index is 0.00000484. The molecule has 0 radical (unpaired) electrons. The van der Waals surface area contributed by atoms with E-state index >= 15 is 0 Å². The number of halogens is 1. The molecule has 0 aliphatic carbocycles. The highest BCUT2D eigenvalue weighted by atomic mass is 127. The molecule has 0 aromatic carbocycles. The van der Waals surface area contributed by atoms with E-state index in [1.165, 1.54) is 6.42 Å². The summed E-state index contributed by atoms with van der Waals surface area (Å²) in [5.41, 5.74) is 0.152. The van der Waals surface area contributed by atoms with E-state index in [1.54, 1.807) is 7.05 Å². The van der Waals surface area contributed by atoms with Crippen LogP contribution in [0.25, 0.3) is 0 Å². The molecule has 23 heavy (non-hydrogen) atoms. The zero-order chi connectivity index (χ0) is 16.3. The zero-order valence-electron chi connectivity index (χ0n) is 15.1. The summed E-state index contributed by atoms with van der Waals surface area (Å²) in [6.45, 7) is 11.5. The molecular weight excluding hydrogens is 407 g/mol. The van der Waals surface area contributed by atoms with Gasteiger partial charge in [0.15, 0.2) is 5.96 Å². The lowest BCUT2D eigenvalue weighted by Crippen LogP contribution is -2.44. The van der Waals surface area contributed by atoms with Crippen LogP contribution in [0.5, 0.6) is 0 Å². The first-order valence-electron chi connectivity index (χ1n) is 8.40. The molecule has 1 heterocycles. The van der Waals surface area contributed by atoms with Gasteiger partial charge in [-0.1, -0.05) is 0 Å². The SMILES string of the molecule is CN=C(NCCCOCC1CCCO1)NCCNC(C)(C)C.I. The van der Waals surface area contributed by atoms with Gasteiger partial charge in [0.1, 0.15) is 0 Å². The van der Waals surface area contributed by atoms with Gasteiger partial charge in [0.2, 0.25) is 0 Å². The Morgan fingerprint density at radius 2 is 1.96 bits per heavy atom. The van der Waals surface area contributed by atoms with E-state index in [-0.39, 0.29) is 29.5 Å². The van der Waals surface area contributed by atoms with E-state index in [9.17, 15) is 0 Å². The Morgan fingerprint density at radius 1 is 1.22 bits per heavy atom. The minimum Gasteiger partial charge on any atom is -0.379 e. The molecule has 0 spiro atoms. The average Bonchev–Trinajstić information content (AvgIpc) is 2.97. The minimum absolute atomic E-state index is 0. The monoisotopic (exact) mass is 442 g/mol. The molecule has 1 unspecified atom stereocenters. The van der Waals surface area contributed by atoms with Crippen LogP contribution >= 0.6 is 24.0 Å². The maximum Gasteiger partial charge on any atom is 0.191 e. The van der Waals surface area contributed by atoms with Crippen molar-refractivity contribution in [1.82, 2.24) is 16.0 Å². The predicted molar refractivity (Wildman–Crippen MR) is 107 cm³/mol. The van der Waals surface area contributed by atoms with Crippen molar-refractivity contribution in [3.8, 4) is 0 Å². The third kappa shape index (κ3) is 12.9. The van der Waals surface area contributed by atoms with Crippen LogP contribution < -0.4 is 16.0 Å². The minimum atomic E-state index is 0. The molecular formula is C16H35IN4O2. The fourth-order valence-electron chi connectivity index (χ4n) is 2.21. The highest BCUT2D eigenvalue weighted by Crippen LogP contribution is 2.11. The molecule has 1 saturated heterocycles. The smallest absolute Gasteiger partial charge is 0.191 e. The molecule has 3 N–H and O–H groups in total. The van der Waals surface area contributed by atoms with Gasteiger partial charge in [-0.25, -0.2) is 0 Å². The molecule has 1 atom stereocenters. The number of hydrogen-bond acceptors (Lipinski definition) is 4. The summed E-state index contributed by atoms with van der Waals surface area (Å²) < 4.78 is 11.2. The molecule has 6 nitrogen and oxygen atoms in total. The molecule has 0 amide bonds. The van der Waals surface area contributed by atoms with Crippen molar-refractivity contribution in [1.29, 1.82) is 0 Å². The van der Waals surface area contributed by atoms with E-state index in [0.717, 1.165) is 58.3 Å². The summed E-state index contributed by atoms with van der Waals surface area (Å²) in [5.74, 6) is 0.842. The predicted octanol–water partition coefficient (Wildman–Crippen LogP) is 1.74. The van der Waals surface area contributed by atoms with Gasteiger partial charge < -0.3 is 25.4 Å². The normalized spacial score (nSPS) is 18.6. The quantitative estimate of drug-likeness (QED) is 0.220. The Hall–Kier alpha value is -0.120. The van der Waals surface area contributed by atoms with Gasteiger partial charge in [0.25, 0.3) is 0 Å². The molecule has 0 aromatic heterocycles. The van der Waals surface area contributed by atoms with Crippen LogP contribution in [0.4, 0.5) is 0 Å². The average molecular weight is 442 g/mol. The highest BCUT2D eigenvalue weighted by Gasteiger charge is 2.14. The lowest BCUT2D eigenvalue weighted by atomic mass is 10.1. The van der Waals surface area contributed by atoms with Gasteiger partial charge in [-0.2, -0.15) is 0 Å². The van der Waals surface area contributed by atoms with Crippen LogP contribution in [0.1, 0.15) is 40.0 Å². The first-order valence-corrected chi connectivity index (χ1v) is 8.40. The number of nitrogens with zero attached hydrogens (tertiary/aromatic N) is 1. The van der Waals surface area contributed by atoms with Gasteiger partial charge in [-0.3, -0.25) is 4.99 Å². The number of guanidine groups is 1. The van der Waals surface area contributed by atoms with Gasteiger partial charge in [-0.05, 0) is 40.0 Å². The fourth-order valence-corrected chi connectivity index (χ4v) is 2.21. The maximum absolute atomic E-state index is 5.63. The van der Waals surface area contributed by atoms with Crippen LogP contribution in [-0.4, -0.2) is 64.1 Å². The molecule has 0 saturated carbocycles. The third-order valence-corrected chi connectivity index (χ3v) is 3.38. The summed E-state index contributed by atoms with van der Waals surface area (Å²) in [6.07, 6.45) is 3.59. The van der Waals surface area contributed by atoms with E-state index in [0.29, 0.717) is 6.10 Å². The second kappa shape index (κ2) is 13.2. The number of hydrogen-bond donors (Lipinski definition) is 3. The lowest BCUT2D eigenvalue weighted by Gasteiger charge is -2.21. The fraction of sp³-hybridized carbons (Fsp3) is 0.938. The van der Waals surface area contributed by atoms with Crippen LogP contribution in [0.2, 0.25) is 0 Å². The number of rotatable bonds is 9. The lowest BCUT2D eigenvalue weighted by molar-refractivity contribution is 0.0168. The van der Waals surface area contributed by atoms with Crippen molar-refractivity contribution in [3.05, 3.63) is 0 Å². The summed E-state index contributed by atoms with van der Waals surface area (Å²) in [6, 6.07) is 0. The Morgan fingerprint density at radius 3 is 2.57 bits per heavy atom. The van der Waals surface area contributed by atoms with E-state index in [4.69, 9.17) is 9.47 Å². The first kappa shape index (κ1) is 22.9. The number of nitrogens with one attached hydrogen (secondary N) is 3. The molecule has 1 aliphatic rings. The van der Waals surface area contributed by atoms with Crippen molar-refractivity contribution < 1.29 is 9.47 Å². The zero-order valence-corrected chi connectivity index (χ0v) is 17.4. The maximum atomic E-state index is 5.63. The molecule has 1 rings (SSSR count). The third-order valence-electron chi connectivity index (χ3n) is 3.38. The number of aliphatic imine (C=N–C) groups is 1. The molecule has 0 aromatic rings. The van der Waals surface area contributed by atoms with E-state index in [2.05, 4.69) is 41.7 Å². The van der Waals surface area contributed by atoms with Crippen molar-refractivity contribution in [2.24, 2.45) is 4.99 Å². The van der Waals surface area contributed by atoms with Gasteiger partial charge in [0, 0.05) is 45.4 Å². The van der Waals surface area contributed by atoms with Gasteiger partial charge >= 0.3 is 0 Å². The second-order valence-electron chi connectivity index (χ2n) is 6.67. The van der Waals surface area contributed by atoms with E-state index in [1.807, 2.05) is 0 Å². The Labute approximate surface area is 158 Å². The molecule has 138 valence electrons. The van der Waals surface area contributed by atoms with Crippen molar-refractivity contribution in [2.75, 3.05) is 46.5 Å². The Bertz CT molecular complexity index is 316.